The van der Waals surface area contributed by atoms with Gasteiger partial charge in [0.15, 0.2) is 5.78 Å². The van der Waals surface area contributed by atoms with Crippen molar-refractivity contribution in [2.24, 2.45) is 11.8 Å². The van der Waals surface area contributed by atoms with Crippen molar-refractivity contribution in [1.29, 1.82) is 0 Å². The van der Waals surface area contributed by atoms with Crippen molar-refractivity contribution < 1.29 is 127 Å². The molecule has 3 unspecified atom stereocenters. The number of rotatable bonds is 18. The van der Waals surface area contributed by atoms with E-state index >= 15 is 0 Å². The van der Waals surface area contributed by atoms with Gasteiger partial charge >= 0.3 is 55.0 Å². The fourth-order valence-electron chi connectivity index (χ4n) is 10.2. The molecule has 0 amide bonds. The molecule has 0 aromatic heterocycles. The molecule has 3 atom stereocenters. The molecule has 11 nitrogen and oxygen atoms in total. The minimum absolute atomic E-state index is 0. The van der Waals surface area contributed by atoms with E-state index in [1.54, 1.807) is 12.1 Å². The summed E-state index contributed by atoms with van der Waals surface area (Å²) >= 11 is 0. The molecule has 2 saturated carbocycles. The Balaban J connectivity index is 0.000000388. The van der Waals surface area contributed by atoms with Crippen LogP contribution in [0, 0.1) is 11.8 Å². The van der Waals surface area contributed by atoms with Gasteiger partial charge < -0.3 is 45.0 Å². The van der Waals surface area contributed by atoms with E-state index in [1.807, 2.05) is 0 Å². The van der Waals surface area contributed by atoms with Crippen molar-refractivity contribution >= 4 is 14.2 Å². The predicted octanol–water partition coefficient (Wildman–Crippen LogP) is 8.67. The second-order valence-corrected chi connectivity index (χ2v) is 19.2. The van der Waals surface area contributed by atoms with Gasteiger partial charge in [-0.2, -0.15) is 0 Å². The summed E-state index contributed by atoms with van der Waals surface area (Å²) in [5.74, 6) is -0.00914. The number of benzene rings is 4. The fourth-order valence-corrected chi connectivity index (χ4v) is 10.2. The first-order chi connectivity index (χ1) is 35.8. The summed E-state index contributed by atoms with van der Waals surface area (Å²) in [6, 6.07) is 21.8. The Labute approximate surface area is 469 Å². The van der Waals surface area contributed by atoms with E-state index in [2.05, 4.69) is 28.7 Å². The Morgan fingerprint density at radius 3 is 1.22 bits per heavy atom. The average molecular weight is 1130 g/mol. The average Bonchev–Trinajstić information content (AvgIpc) is 3.32. The molecule has 4 aromatic rings. The zero-order valence-electron chi connectivity index (χ0n) is 44.0. The van der Waals surface area contributed by atoms with Gasteiger partial charge in [-0.15, -0.1) is 52.7 Å². The van der Waals surface area contributed by atoms with Crippen molar-refractivity contribution in [3.63, 3.8) is 0 Å². The number of piperidine rings is 2. The molecule has 4 aliphatic rings. The molecule has 8 rings (SSSR count). The number of β-amino-alcohol motifs (C(OH)–C–C–N with tert-alkyl or cyclic N) is 1. The number of likely N-dealkylation sites (tertiary alicyclic amines) is 2. The predicted molar refractivity (Wildman–Crippen MR) is 259 cm³/mol. The third kappa shape index (κ3) is 19.9. The van der Waals surface area contributed by atoms with Crippen molar-refractivity contribution in [3.05, 3.63) is 108 Å². The molecule has 78 heavy (non-hydrogen) atoms. The van der Waals surface area contributed by atoms with E-state index in [0.29, 0.717) is 62.8 Å². The SMILES string of the molecule is CO.O=C(CN1CCCC(COc2ccc(OC(F)(F)F)cc2)C1)C1(c2ccc(OC(F)(F)F)cc2)CCC1.OC(CN1CCCC(COc2ccc(OC(F)(F)F)cc2)C1)C1(c2ccc(OC(F)(F)F)cc2)CCC1.[B].[H-].[Na+]. The zero-order valence-corrected chi connectivity index (χ0v) is 45.0. The largest absolute Gasteiger partial charge is 1.00 e. The number of aliphatic hydroxyl groups excluding tert-OH is 2. The molecule has 0 bridgehead atoms. The maximum Gasteiger partial charge on any atom is 1.00 e. The van der Waals surface area contributed by atoms with E-state index in [0.717, 1.165) is 77.1 Å². The summed E-state index contributed by atoms with van der Waals surface area (Å²) in [5, 5.41) is 18.2. The Kier molecular flexibility index (Phi) is 24.3. The minimum Gasteiger partial charge on any atom is -1.00 e. The summed E-state index contributed by atoms with van der Waals surface area (Å²) in [7, 11) is 1.00. The number of hydrogen-bond donors (Lipinski definition) is 2. The topological polar surface area (TPSA) is 119 Å². The second-order valence-electron chi connectivity index (χ2n) is 19.2. The zero-order chi connectivity index (χ0) is 55.4. The molecule has 4 fully saturated rings. The van der Waals surface area contributed by atoms with Crippen LogP contribution < -0.4 is 58.0 Å². The van der Waals surface area contributed by atoms with Gasteiger partial charge in [0.25, 0.3) is 0 Å². The Bertz CT molecular complexity index is 2420. The van der Waals surface area contributed by atoms with Gasteiger partial charge in [-0.05, 0) is 148 Å². The molecule has 2 N–H and O–H groups in total. The second kappa shape index (κ2) is 28.7. The number of hydrogen-bond acceptors (Lipinski definition) is 11. The maximum absolute atomic E-state index is 13.4. The quantitative estimate of drug-likeness (QED) is 0.0737. The molecular weight excluding hydrogens is 1070 g/mol. The summed E-state index contributed by atoms with van der Waals surface area (Å²) < 4.78 is 176. The van der Waals surface area contributed by atoms with E-state index in [1.165, 1.54) is 84.9 Å². The number of ketones is 1. The van der Waals surface area contributed by atoms with Gasteiger partial charge in [-0.3, -0.25) is 9.69 Å². The number of carbonyl (C=O) groups is 1. The molecule has 2 saturated heterocycles. The van der Waals surface area contributed by atoms with Crippen LogP contribution in [0.15, 0.2) is 97.1 Å². The first-order valence-corrected chi connectivity index (χ1v) is 24.6. The normalized spacial score (nSPS) is 19.6. The number of alkyl halides is 12. The first kappa shape index (κ1) is 65.9. The minimum atomic E-state index is -4.77. The van der Waals surface area contributed by atoms with E-state index < -0.39 is 42.4 Å². The molecule has 425 valence electrons. The van der Waals surface area contributed by atoms with Gasteiger partial charge in [0.2, 0.25) is 0 Å². The van der Waals surface area contributed by atoms with Gasteiger partial charge in [0, 0.05) is 52.4 Å². The van der Waals surface area contributed by atoms with Crippen LogP contribution in [0.25, 0.3) is 0 Å². The molecule has 0 spiro atoms. The van der Waals surface area contributed by atoms with Crippen LogP contribution >= 0.6 is 0 Å². The molecule has 2 aliphatic heterocycles. The van der Waals surface area contributed by atoms with Crippen LogP contribution in [0.2, 0.25) is 0 Å². The van der Waals surface area contributed by atoms with E-state index in [4.69, 9.17) is 14.6 Å². The summed E-state index contributed by atoms with van der Waals surface area (Å²) in [4.78, 5) is 17.6. The molecule has 4 aromatic carbocycles. The summed E-state index contributed by atoms with van der Waals surface area (Å²) in [6.45, 7) is 4.30. The molecule has 2 heterocycles. The van der Waals surface area contributed by atoms with E-state index in [-0.39, 0.29) is 86.6 Å². The van der Waals surface area contributed by atoms with Crippen molar-refractivity contribution in [3.8, 4) is 34.5 Å². The molecule has 2 aliphatic carbocycles. The van der Waals surface area contributed by atoms with Crippen molar-refractivity contribution in [2.75, 3.05) is 59.6 Å². The number of nitrogens with zero attached hydrogens (tertiary/aromatic N) is 2. The van der Waals surface area contributed by atoms with Crippen molar-refractivity contribution in [2.45, 2.75) is 107 Å². The smallest absolute Gasteiger partial charge is 1.00 e. The fraction of sp³-hybridized carbons (Fsp3) is 0.528. The van der Waals surface area contributed by atoms with Gasteiger partial charge in [-0.25, -0.2) is 0 Å². The number of aliphatic hydroxyl groups is 2. The van der Waals surface area contributed by atoms with Gasteiger partial charge in [-0.1, -0.05) is 37.1 Å². The van der Waals surface area contributed by atoms with Crippen LogP contribution in [0.1, 0.15) is 76.8 Å². The first-order valence-electron chi connectivity index (χ1n) is 24.6. The monoisotopic (exact) mass is 1130 g/mol. The maximum atomic E-state index is 13.4. The number of Topliss-reactive ketones (excluding diaryl/α,β-unsaturated/α-hetero) is 1. The van der Waals surface area contributed by atoms with Crippen LogP contribution in [0.5, 0.6) is 34.5 Å². The van der Waals surface area contributed by atoms with Gasteiger partial charge in [0.1, 0.15) is 34.5 Å². The Morgan fingerprint density at radius 1 is 0.538 bits per heavy atom. The van der Waals surface area contributed by atoms with Crippen LogP contribution in [0.3, 0.4) is 0 Å². The standard InChI is InChI=1S/C26H29F6NO4.C26H27F6NO4.CH4O.B.Na.H/c2*27-25(28,29)36-21-6-4-19(5-7-21)24(12-2-13-24)23(34)16-33-14-1-3-18(15-33)17-35-20-8-10-22(11-9-20)37-26(30,31)32;1-2;;;/h4-11,18,23,34H,1-3,12-17H2;4-11,18H,1-3,12-17H2;2H,1H3;;;/q;;;;+1;-1. The van der Waals surface area contributed by atoms with Gasteiger partial charge in [0.05, 0.1) is 31.3 Å². The molecular formula is C53H61BF12N2NaO9. The van der Waals surface area contributed by atoms with Crippen LogP contribution in [0.4, 0.5) is 52.7 Å². The molecule has 25 heteroatoms. The third-order valence-electron chi connectivity index (χ3n) is 14.0. The van der Waals surface area contributed by atoms with E-state index in [9.17, 15) is 62.6 Å². The summed E-state index contributed by atoms with van der Waals surface area (Å²) in [5.41, 5.74) is 0.310. The number of carbonyl (C=O) groups excluding carboxylic acids is 1. The van der Waals surface area contributed by atoms with Crippen LogP contribution in [-0.4, -0.2) is 125 Å². The van der Waals surface area contributed by atoms with Crippen molar-refractivity contribution in [1.82, 2.24) is 9.80 Å². The third-order valence-corrected chi connectivity index (χ3v) is 14.0. The Hall–Kier alpha value is -4.59. The number of halogens is 12. The molecule has 3 radical (unpaired) electrons. The number of ether oxygens (including phenoxy) is 6. The Morgan fingerprint density at radius 2 is 0.872 bits per heavy atom. The van der Waals surface area contributed by atoms with Crippen LogP contribution in [-0.2, 0) is 15.6 Å². The summed E-state index contributed by atoms with van der Waals surface area (Å²) in [6.07, 6.45) is -11.5.